The Kier molecular flexibility index (Phi) is 4.22. The van der Waals surface area contributed by atoms with Crippen molar-refractivity contribution in [2.45, 2.75) is 57.1 Å². The van der Waals surface area contributed by atoms with Crippen LogP contribution in [0, 0.1) is 11.8 Å². The molecule has 0 spiro atoms. The zero-order valence-corrected chi connectivity index (χ0v) is 10.5. The van der Waals surface area contributed by atoms with E-state index < -0.39 is 23.9 Å². The summed E-state index contributed by atoms with van der Waals surface area (Å²) in [7, 11) is 0. The van der Waals surface area contributed by atoms with Crippen LogP contribution >= 0.6 is 0 Å². The second kappa shape index (κ2) is 5.69. The Bertz CT molecular complexity index is 331. The number of amides is 1. The van der Waals surface area contributed by atoms with E-state index in [9.17, 15) is 14.7 Å². The minimum atomic E-state index is -0.878. The fourth-order valence-corrected chi connectivity index (χ4v) is 3.14. The number of nitrogens with one attached hydrogen (secondary N) is 1. The summed E-state index contributed by atoms with van der Waals surface area (Å²) >= 11 is 0. The highest BCUT2D eigenvalue weighted by atomic mass is 16.4. The Morgan fingerprint density at radius 1 is 0.944 bits per heavy atom. The molecule has 0 aromatic carbocycles. The minimum Gasteiger partial charge on any atom is -0.481 e. The normalized spacial score (nSPS) is 36.3. The molecule has 18 heavy (non-hydrogen) atoms. The average Bonchev–Trinajstić information content (AvgIpc) is 2.81. The lowest BCUT2D eigenvalue weighted by molar-refractivity contribution is -0.146. The Morgan fingerprint density at radius 2 is 1.61 bits per heavy atom. The maximum atomic E-state index is 12.1. The number of carbonyl (C=O) groups is 2. The summed E-state index contributed by atoms with van der Waals surface area (Å²) in [5.74, 6) is -2.04. The molecule has 5 heteroatoms. The topological polar surface area (TPSA) is 86.6 Å². The van der Waals surface area contributed by atoms with E-state index in [1.807, 2.05) is 0 Å². The van der Waals surface area contributed by atoms with Gasteiger partial charge in [0.25, 0.3) is 0 Å². The number of carboxylic acid groups (broad SMARTS) is 1. The highest BCUT2D eigenvalue weighted by Gasteiger charge is 2.39. The molecule has 1 amide bonds. The molecule has 0 heterocycles. The number of carbonyl (C=O) groups excluding carboxylic acids is 1. The van der Waals surface area contributed by atoms with E-state index in [0.29, 0.717) is 12.8 Å². The van der Waals surface area contributed by atoms with Crippen LogP contribution in [-0.2, 0) is 9.59 Å². The van der Waals surface area contributed by atoms with Gasteiger partial charge >= 0.3 is 5.97 Å². The van der Waals surface area contributed by atoms with Crippen LogP contribution in [-0.4, -0.2) is 34.2 Å². The first-order valence-corrected chi connectivity index (χ1v) is 6.81. The van der Waals surface area contributed by atoms with E-state index in [-0.39, 0.29) is 11.9 Å². The zero-order valence-electron chi connectivity index (χ0n) is 10.5. The van der Waals surface area contributed by atoms with Gasteiger partial charge in [0.1, 0.15) is 0 Å². The summed E-state index contributed by atoms with van der Waals surface area (Å²) in [5, 5.41) is 21.7. The molecule has 2 aliphatic carbocycles. The van der Waals surface area contributed by atoms with Gasteiger partial charge in [-0.25, -0.2) is 0 Å². The van der Waals surface area contributed by atoms with Gasteiger partial charge in [-0.1, -0.05) is 19.3 Å². The summed E-state index contributed by atoms with van der Waals surface area (Å²) in [6, 6.07) is -0.193. The maximum Gasteiger partial charge on any atom is 0.307 e. The summed E-state index contributed by atoms with van der Waals surface area (Å²) in [5.41, 5.74) is 0. The van der Waals surface area contributed by atoms with E-state index >= 15 is 0 Å². The number of hydrogen-bond donors (Lipinski definition) is 3. The molecule has 0 unspecified atom stereocenters. The highest BCUT2D eigenvalue weighted by molar-refractivity contribution is 5.85. The second-order valence-corrected chi connectivity index (χ2v) is 5.45. The smallest absolute Gasteiger partial charge is 0.307 e. The lowest BCUT2D eigenvalue weighted by Gasteiger charge is -2.29. The van der Waals surface area contributed by atoms with Crippen LogP contribution in [0.3, 0.4) is 0 Å². The minimum absolute atomic E-state index is 0.189. The van der Waals surface area contributed by atoms with Crippen LogP contribution in [0.5, 0.6) is 0 Å². The molecule has 0 radical (unpaired) electrons. The molecule has 0 aromatic heterocycles. The monoisotopic (exact) mass is 255 g/mol. The van der Waals surface area contributed by atoms with E-state index in [1.165, 1.54) is 0 Å². The third kappa shape index (κ3) is 2.83. The Morgan fingerprint density at radius 3 is 2.28 bits per heavy atom. The van der Waals surface area contributed by atoms with Crippen LogP contribution in [0.4, 0.5) is 0 Å². The van der Waals surface area contributed by atoms with E-state index in [0.717, 1.165) is 32.1 Å². The van der Waals surface area contributed by atoms with Crippen molar-refractivity contribution in [2.24, 2.45) is 11.8 Å². The van der Waals surface area contributed by atoms with Crippen molar-refractivity contribution in [1.29, 1.82) is 0 Å². The maximum absolute atomic E-state index is 12.1. The molecule has 4 atom stereocenters. The van der Waals surface area contributed by atoms with Gasteiger partial charge in [-0.15, -0.1) is 0 Å². The third-order valence-electron chi connectivity index (χ3n) is 4.23. The van der Waals surface area contributed by atoms with Gasteiger partial charge in [0.2, 0.25) is 5.91 Å². The first-order valence-electron chi connectivity index (χ1n) is 6.81. The Balaban J connectivity index is 1.92. The second-order valence-electron chi connectivity index (χ2n) is 5.45. The predicted octanol–water partition coefficient (Wildman–Crippen LogP) is 0.907. The quantitative estimate of drug-likeness (QED) is 0.699. The SMILES string of the molecule is O=C(O)[C@H]1CCC[C@H]1C(=O)N[C@@H]1CCCC[C@H]1O. The molecule has 3 N–H and O–H groups in total. The highest BCUT2D eigenvalue weighted by Crippen LogP contribution is 2.32. The first-order chi connectivity index (χ1) is 8.59. The zero-order chi connectivity index (χ0) is 13.1. The molecule has 2 saturated carbocycles. The molecule has 2 fully saturated rings. The molecule has 0 bridgehead atoms. The van der Waals surface area contributed by atoms with Crippen LogP contribution in [0.1, 0.15) is 44.9 Å². The van der Waals surface area contributed by atoms with Gasteiger partial charge < -0.3 is 15.5 Å². The summed E-state index contributed by atoms with van der Waals surface area (Å²) in [6.45, 7) is 0. The number of aliphatic hydroxyl groups is 1. The summed E-state index contributed by atoms with van der Waals surface area (Å²) in [4.78, 5) is 23.1. The van der Waals surface area contributed by atoms with Crippen LogP contribution in [0.2, 0.25) is 0 Å². The van der Waals surface area contributed by atoms with Gasteiger partial charge in [-0.05, 0) is 25.7 Å². The Labute approximate surface area is 107 Å². The molecule has 102 valence electrons. The standard InChI is InChI=1S/C13H21NO4/c15-11-7-2-1-6-10(11)14-12(16)8-4-3-5-9(8)13(17)18/h8-11,15H,1-7H2,(H,14,16)(H,17,18)/t8-,9+,10-,11-/m1/s1. The van der Waals surface area contributed by atoms with E-state index in [4.69, 9.17) is 5.11 Å². The fourth-order valence-electron chi connectivity index (χ4n) is 3.14. The van der Waals surface area contributed by atoms with Crippen molar-refractivity contribution >= 4 is 11.9 Å². The first kappa shape index (κ1) is 13.3. The van der Waals surface area contributed by atoms with Gasteiger partial charge in [-0.2, -0.15) is 0 Å². The Hall–Kier alpha value is -1.10. The fraction of sp³-hybridized carbons (Fsp3) is 0.846. The molecule has 0 aliphatic heterocycles. The molecular formula is C13H21NO4. The number of carboxylic acids is 1. The van der Waals surface area contributed by atoms with E-state index in [2.05, 4.69) is 5.32 Å². The van der Waals surface area contributed by atoms with Crippen LogP contribution in [0.25, 0.3) is 0 Å². The average molecular weight is 255 g/mol. The van der Waals surface area contributed by atoms with Gasteiger partial charge in [0, 0.05) is 0 Å². The largest absolute Gasteiger partial charge is 0.481 e. The molecule has 2 rings (SSSR count). The van der Waals surface area contributed by atoms with Gasteiger partial charge in [0.15, 0.2) is 0 Å². The molecule has 5 nitrogen and oxygen atoms in total. The van der Waals surface area contributed by atoms with Crippen LogP contribution in [0.15, 0.2) is 0 Å². The molecule has 2 aliphatic rings. The van der Waals surface area contributed by atoms with Gasteiger partial charge in [0.05, 0.1) is 24.0 Å². The number of aliphatic hydroxyl groups excluding tert-OH is 1. The number of hydrogen-bond acceptors (Lipinski definition) is 3. The van der Waals surface area contributed by atoms with Crippen LogP contribution < -0.4 is 5.32 Å². The van der Waals surface area contributed by atoms with Crippen molar-refractivity contribution in [3.8, 4) is 0 Å². The van der Waals surface area contributed by atoms with Crippen molar-refractivity contribution in [1.82, 2.24) is 5.32 Å². The number of rotatable bonds is 3. The number of aliphatic carboxylic acids is 1. The van der Waals surface area contributed by atoms with Crippen molar-refractivity contribution in [3.63, 3.8) is 0 Å². The predicted molar refractivity (Wildman–Crippen MR) is 64.9 cm³/mol. The lowest BCUT2D eigenvalue weighted by Crippen LogP contribution is -2.48. The van der Waals surface area contributed by atoms with Crippen molar-refractivity contribution in [3.05, 3.63) is 0 Å². The molecular weight excluding hydrogens is 234 g/mol. The van der Waals surface area contributed by atoms with Crippen molar-refractivity contribution < 1.29 is 19.8 Å². The van der Waals surface area contributed by atoms with Gasteiger partial charge in [-0.3, -0.25) is 9.59 Å². The van der Waals surface area contributed by atoms with Crippen molar-refractivity contribution in [2.75, 3.05) is 0 Å². The summed E-state index contributed by atoms with van der Waals surface area (Å²) < 4.78 is 0. The third-order valence-corrected chi connectivity index (χ3v) is 4.23. The van der Waals surface area contributed by atoms with E-state index in [1.54, 1.807) is 0 Å². The summed E-state index contributed by atoms with van der Waals surface area (Å²) in [6.07, 6.45) is 5.06. The molecule has 0 saturated heterocycles. The molecule has 0 aromatic rings. The lowest BCUT2D eigenvalue weighted by atomic mass is 9.90.